The monoisotopic (exact) mass is 374 g/mol. The molecule has 0 N–H and O–H groups in total. The lowest BCUT2D eigenvalue weighted by Crippen LogP contribution is -2.27. The fourth-order valence-corrected chi connectivity index (χ4v) is 2.28. The smallest absolute Gasteiger partial charge is 0.418 e. The van der Waals surface area contributed by atoms with Gasteiger partial charge in [0.25, 0.3) is 5.56 Å². The van der Waals surface area contributed by atoms with Gasteiger partial charge in [0.1, 0.15) is 0 Å². The summed E-state index contributed by atoms with van der Waals surface area (Å²) in [4.78, 5) is 24.3. The van der Waals surface area contributed by atoms with E-state index >= 15 is 0 Å². The summed E-state index contributed by atoms with van der Waals surface area (Å²) in [5, 5.41) is 3.64. The quantitative estimate of drug-likeness (QED) is 0.767. The van der Waals surface area contributed by atoms with E-state index in [1.807, 2.05) is 0 Å². The molecule has 0 spiro atoms. The second-order valence-corrected chi connectivity index (χ2v) is 5.92. The van der Waals surface area contributed by atoms with Crippen molar-refractivity contribution in [2.45, 2.75) is 33.1 Å². The first-order valence-electron chi connectivity index (χ1n) is 7.19. The summed E-state index contributed by atoms with van der Waals surface area (Å²) in [6.07, 6.45) is -4.50. The molecule has 1 aromatic heterocycles. The van der Waals surface area contributed by atoms with Crippen LogP contribution in [0.2, 0.25) is 5.02 Å². The molecule has 9 heteroatoms. The summed E-state index contributed by atoms with van der Waals surface area (Å²) in [5.41, 5.74) is -2.47. The summed E-state index contributed by atoms with van der Waals surface area (Å²) in [6.45, 7) is 4.37. The number of carbonyl (C=O) groups excluding carboxylic acids is 1. The summed E-state index contributed by atoms with van der Waals surface area (Å²) in [5.74, 6) is -0.710. The maximum absolute atomic E-state index is 12.8. The van der Waals surface area contributed by atoms with E-state index in [-0.39, 0.29) is 22.4 Å². The summed E-state index contributed by atoms with van der Waals surface area (Å²) < 4.78 is 44.3. The van der Waals surface area contributed by atoms with Crippen LogP contribution in [0, 0.1) is 6.92 Å². The molecule has 0 radical (unpaired) electrons. The van der Waals surface area contributed by atoms with Crippen LogP contribution in [0.3, 0.4) is 0 Å². The minimum atomic E-state index is -4.68. The Balaban J connectivity index is 2.55. The summed E-state index contributed by atoms with van der Waals surface area (Å²) >= 11 is 5.96. The van der Waals surface area contributed by atoms with Crippen LogP contribution in [0.1, 0.15) is 35.3 Å². The molecular weight excluding hydrogens is 361 g/mol. The van der Waals surface area contributed by atoms with Crippen LogP contribution < -0.4 is 5.56 Å². The zero-order chi connectivity index (χ0) is 18.9. The molecule has 0 aliphatic carbocycles. The first-order valence-corrected chi connectivity index (χ1v) is 7.57. The average Bonchev–Trinajstić information content (AvgIpc) is 2.48. The number of nitrogens with zero attached hydrogens (tertiary/aromatic N) is 2. The van der Waals surface area contributed by atoms with Gasteiger partial charge in [0, 0.05) is 5.56 Å². The van der Waals surface area contributed by atoms with E-state index in [4.69, 9.17) is 16.3 Å². The van der Waals surface area contributed by atoms with Crippen molar-refractivity contribution >= 4 is 17.6 Å². The molecule has 5 nitrogen and oxygen atoms in total. The zero-order valence-electron chi connectivity index (χ0n) is 13.5. The third-order valence-electron chi connectivity index (χ3n) is 3.28. The van der Waals surface area contributed by atoms with Gasteiger partial charge in [-0.25, -0.2) is 4.79 Å². The van der Waals surface area contributed by atoms with Crippen LogP contribution in [0.4, 0.5) is 13.2 Å². The van der Waals surface area contributed by atoms with Gasteiger partial charge >= 0.3 is 12.1 Å². The second kappa shape index (κ2) is 6.87. The largest absolute Gasteiger partial charge is 0.459 e. The van der Waals surface area contributed by atoms with E-state index in [9.17, 15) is 22.8 Å². The first kappa shape index (κ1) is 19.0. The van der Waals surface area contributed by atoms with E-state index in [1.165, 1.54) is 18.2 Å². The lowest BCUT2D eigenvalue weighted by molar-refractivity contribution is -0.138. The zero-order valence-corrected chi connectivity index (χ0v) is 14.3. The minimum Gasteiger partial charge on any atom is -0.459 e. The summed E-state index contributed by atoms with van der Waals surface area (Å²) in [7, 11) is 0. The average molecular weight is 375 g/mol. The molecule has 0 atom stereocenters. The van der Waals surface area contributed by atoms with Gasteiger partial charge in [-0.2, -0.15) is 23.0 Å². The van der Waals surface area contributed by atoms with Gasteiger partial charge in [0.2, 0.25) is 0 Å². The Kier molecular flexibility index (Phi) is 5.22. The van der Waals surface area contributed by atoms with Crippen molar-refractivity contribution in [3.8, 4) is 5.69 Å². The Morgan fingerprint density at radius 2 is 1.96 bits per heavy atom. The molecular formula is C16H14ClF3N2O3. The van der Waals surface area contributed by atoms with Gasteiger partial charge in [-0.3, -0.25) is 4.79 Å². The molecule has 134 valence electrons. The fourth-order valence-electron chi connectivity index (χ4n) is 2.09. The number of alkyl halides is 3. The van der Waals surface area contributed by atoms with Crippen LogP contribution in [0.25, 0.3) is 5.69 Å². The third-order valence-corrected chi connectivity index (χ3v) is 3.61. The topological polar surface area (TPSA) is 61.2 Å². The Labute approximate surface area is 146 Å². The van der Waals surface area contributed by atoms with Crippen molar-refractivity contribution < 1.29 is 22.7 Å². The molecule has 0 saturated carbocycles. The highest BCUT2D eigenvalue weighted by Gasteiger charge is 2.34. The van der Waals surface area contributed by atoms with Crippen LogP contribution in [0.15, 0.2) is 29.2 Å². The van der Waals surface area contributed by atoms with Gasteiger partial charge in [-0.1, -0.05) is 11.6 Å². The number of hydrogen-bond acceptors (Lipinski definition) is 4. The maximum Gasteiger partial charge on any atom is 0.418 e. The molecule has 0 aliphatic rings. The number of esters is 1. The van der Waals surface area contributed by atoms with E-state index < -0.39 is 28.8 Å². The predicted octanol–water partition coefficient (Wildman–Crippen LogP) is 3.78. The van der Waals surface area contributed by atoms with E-state index in [1.54, 1.807) is 13.8 Å². The van der Waals surface area contributed by atoms with Crippen molar-refractivity contribution in [3.63, 3.8) is 0 Å². The molecule has 0 unspecified atom stereocenters. The maximum atomic E-state index is 12.8. The van der Waals surface area contributed by atoms with Crippen molar-refractivity contribution in [1.29, 1.82) is 0 Å². The van der Waals surface area contributed by atoms with E-state index in [0.29, 0.717) is 6.20 Å². The first-order chi connectivity index (χ1) is 11.5. The highest BCUT2D eigenvalue weighted by molar-refractivity contribution is 6.33. The standard InChI is InChI=1S/C16H14ClF3N2O3/c1-8(2)25-15(24)11-6-10(4-5-13(11)17)22-14(23)9(3)12(7-21-22)16(18,19)20/h4-8H,1-3H3. The molecule has 1 heterocycles. The highest BCUT2D eigenvalue weighted by atomic mass is 35.5. The van der Waals surface area contributed by atoms with E-state index in [0.717, 1.165) is 11.6 Å². The number of aromatic nitrogens is 2. The van der Waals surface area contributed by atoms with E-state index in [2.05, 4.69) is 5.10 Å². The van der Waals surface area contributed by atoms with Crippen LogP contribution >= 0.6 is 11.6 Å². The Bertz CT molecular complexity index is 876. The van der Waals surface area contributed by atoms with Gasteiger partial charge in [0.15, 0.2) is 0 Å². The molecule has 0 saturated heterocycles. The van der Waals surface area contributed by atoms with Crippen molar-refractivity contribution in [2.75, 3.05) is 0 Å². The molecule has 0 bridgehead atoms. The van der Waals surface area contributed by atoms with Gasteiger partial charge < -0.3 is 4.74 Å². The second-order valence-electron chi connectivity index (χ2n) is 5.52. The molecule has 0 aliphatic heterocycles. The number of rotatable bonds is 3. The van der Waals surface area contributed by atoms with Gasteiger partial charge in [-0.15, -0.1) is 0 Å². The number of ether oxygens (including phenoxy) is 1. The third kappa shape index (κ3) is 4.01. The normalized spacial score (nSPS) is 11.7. The lowest BCUT2D eigenvalue weighted by Gasteiger charge is -2.13. The molecule has 25 heavy (non-hydrogen) atoms. The molecule has 1 aromatic carbocycles. The fraction of sp³-hybridized carbons (Fsp3) is 0.312. The Morgan fingerprint density at radius 1 is 1.32 bits per heavy atom. The SMILES string of the molecule is Cc1c(C(F)(F)F)cnn(-c2ccc(Cl)c(C(=O)OC(C)C)c2)c1=O. The number of hydrogen-bond donors (Lipinski definition) is 0. The van der Waals surface area contributed by atoms with Crippen LogP contribution in [-0.2, 0) is 10.9 Å². The van der Waals surface area contributed by atoms with Crippen LogP contribution in [0.5, 0.6) is 0 Å². The molecule has 0 amide bonds. The van der Waals surface area contributed by atoms with Crippen molar-refractivity contribution in [3.05, 3.63) is 56.5 Å². The highest BCUT2D eigenvalue weighted by Crippen LogP contribution is 2.30. The van der Waals surface area contributed by atoms with Crippen molar-refractivity contribution in [1.82, 2.24) is 9.78 Å². The van der Waals surface area contributed by atoms with Crippen molar-refractivity contribution in [2.24, 2.45) is 0 Å². The lowest BCUT2D eigenvalue weighted by atomic mass is 10.1. The van der Waals surface area contributed by atoms with Gasteiger partial charge in [-0.05, 0) is 39.0 Å². The molecule has 2 rings (SSSR count). The summed E-state index contributed by atoms with van der Waals surface area (Å²) in [6, 6.07) is 3.96. The Hall–Kier alpha value is -2.35. The Morgan fingerprint density at radius 3 is 2.52 bits per heavy atom. The van der Waals surface area contributed by atoms with Crippen LogP contribution in [-0.4, -0.2) is 21.9 Å². The number of halogens is 4. The van der Waals surface area contributed by atoms with Gasteiger partial charge in [0.05, 0.1) is 34.1 Å². The molecule has 0 fully saturated rings. The minimum absolute atomic E-state index is 0.0147. The number of carbonyl (C=O) groups is 1. The predicted molar refractivity (Wildman–Crippen MR) is 85.1 cm³/mol. The molecule has 2 aromatic rings. The number of benzene rings is 1.